The molecule has 1 fully saturated rings. The van der Waals surface area contributed by atoms with Crippen molar-refractivity contribution in [3.05, 3.63) is 30.5 Å². The van der Waals surface area contributed by atoms with E-state index in [1.54, 1.807) is 6.20 Å². The van der Waals surface area contributed by atoms with Crippen LogP contribution in [0, 0.1) is 0 Å². The fourth-order valence-corrected chi connectivity index (χ4v) is 2.18. The predicted molar refractivity (Wildman–Crippen MR) is 67.0 cm³/mol. The largest absolute Gasteiger partial charge is 0.381 e. The number of hydrogen-bond donors (Lipinski definition) is 1. The quantitative estimate of drug-likeness (QED) is 0.876. The van der Waals surface area contributed by atoms with Gasteiger partial charge in [-0.05, 0) is 18.9 Å². The molecule has 2 aromatic rings. The van der Waals surface area contributed by atoms with Crippen LogP contribution < -0.4 is 5.32 Å². The van der Waals surface area contributed by atoms with Crippen LogP contribution in [0.15, 0.2) is 30.5 Å². The molecular weight excluding hydrogens is 214 g/mol. The summed E-state index contributed by atoms with van der Waals surface area (Å²) < 4.78 is 5.59. The Bertz CT molecular complexity index is 503. The van der Waals surface area contributed by atoms with Gasteiger partial charge >= 0.3 is 0 Å². The smallest absolute Gasteiger partial charge is 0.0950 e. The van der Waals surface area contributed by atoms with Crippen molar-refractivity contribution in [2.75, 3.05) is 18.5 Å². The number of hydrogen-bond acceptors (Lipinski definition) is 4. The topological polar surface area (TPSA) is 47.0 Å². The third-order valence-corrected chi connectivity index (χ3v) is 3.09. The van der Waals surface area contributed by atoms with Crippen LogP contribution in [0.2, 0.25) is 0 Å². The number of nitrogens with zero attached hydrogens (tertiary/aromatic N) is 2. The number of anilines is 1. The molecule has 17 heavy (non-hydrogen) atoms. The van der Waals surface area contributed by atoms with E-state index in [-0.39, 0.29) is 0 Å². The van der Waals surface area contributed by atoms with Gasteiger partial charge in [-0.3, -0.25) is 0 Å². The van der Waals surface area contributed by atoms with Gasteiger partial charge in [0.15, 0.2) is 0 Å². The standard InChI is InChI=1S/C13H15N3O/c1-2-6-12-11(5-1)13(9-15-16-12)14-8-10-4-3-7-17-10/h1-2,5-6,9-10H,3-4,7-8H2,(H,14,16). The van der Waals surface area contributed by atoms with Crippen molar-refractivity contribution in [1.82, 2.24) is 10.2 Å². The van der Waals surface area contributed by atoms with Gasteiger partial charge in [0.05, 0.1) is 23.5 Å². The molecule has 1 saturated heterocycles. The highest BCUT2D eigenvalue weighted by Crippen LogP contribution is 2.20. The average molecular weight is 229 g/mol. The molecule has 0 spiro atoms. The van der Waals surface area contributed by atoms with E-state index in [4.69, 9.17) is 4.74 Å². The maximum atomic E-state index is 5.59. The van der Waals surface area contributed by atoms with E-state index in [0.717, 1.165) is 36.2 Å². The van der Waals surface area contributed by atoms with Gasteiger partial charge in [-0.15, -0.1) is 0 Å². The molecule has 0 radical (unpaired) electrons. The molecule has 1 aromatic heterocycles. The van der Waals surface area contributed by atoms with Gasteiger partial charge in [0, 0.05) is 18.5 Å². The van der Waals surface area contributed by atoms with Crippen LogP contribution >= 0.6 is 0 Å². The van der Waals surface area contributed by atoms with Gasteiger partial charge in [0.2, 0.25) is 0 Å². The molecule has 0 amide bonds. The van der Waals surface area contributed by atoms with Crippen molar-refractivity contribution in [1.29, 1.82) is 0 Å². The van der Waals surface area contributed by atoms with E-state index in [9.17, 15) is 0 Å². The summed E-state index contributed by atoms with van der Waals surface area (Å²) in [7, 11) is 0. The van der Waals surface area contributed by atoms with Crippen LogP contribution in [0.25, 0.3) is 10.9 Å². The van der Waals surface area contributed by atoms with Crippen LogP contribution in [0.4, 0.5) is 5.69 Å². The van der Waals surface area contributed by atoms with E-state index in [0.29, 0.717) is 6.10 Å². The Kier molecular flexibility index (Phi) is 2.88. The molecule has 1 atom stereocenters. The molecule has 4 nitrogen and oxygen atoms in total. The monoisotopic (exact) mass is 229 g/mol. The lowest BCUT2D eigenvalue weighted by molar-refractivity contribution is 0.120. The lowest BCUT2D eigenvalue weighted by Crippen LogP contribution is -2.18. The van der Waals surface area contributed by atoms with Crippen LogP contribution in [0.1, 0.15) is 12.8 Å². The second-order valence-electron chi connectivity index (χ2n) is 4.29. The molecule has 1 aliphatic rings. The van der Waals surface area contributed by atoms with Gasteiger partial charge in [0.25, 0.3) is 0 Å². The van der Waals surface area contributed by atoms with Crippen molar-refractivity contribution in [2.45, 2.75) is 18.9 Å². The summed E-state index contributed by atoms with van der Waals surface area (Å²) in [5.74, 6) is 0. The third-order valence-electron chi connectivity index (χ3n) is 3.09. The SMILES string of the molecule is c1ccc2c(NCC3CCCO3)cnnc2c1. The number of benzene rings is 1. The van der Waals surface area contributed by atoms with Crippen molar-refractivity contribution >= 4 is 16.6 Å². The van der Waals surface area contributed by atoms with Gasteiger partial charge in [-0.25, -0.2) is 0 Å². The highest BCUT2D eigenvalue weighted by atomic mass is 16.5. The summed E-state index contributed by atoms with van der Waals surface area (Å²) in [5.41, 5.74) is 1.95. The Hall–Kier alpha value is -1.68. The summed E-state index contributed by atoms with van der Waals surface area (Å²) in [6, 6.07) is 8.02. The Morgan fingerprint density at radius 1 is 1.35 bits per heavy atom. The maximum Gasteiger partial charge on any atom is 0.0950 e. The molecule has 0 aliphatic carbocycles. The minimum atomic E-state index is 0.335. The lowest BCUT2D eigenvalue weighted by Gasteiger charge is -2.12. The molecule has 88 valence electrons. The van der Waals surface area contributed by atoms with E-state index in [1.165, 1.54) is 6.42 Å². The minimum absolute atomic E-state index is 0.335. The summed E-state index contributed by atoms with van der Waals surface area (Å²) in [4.78, 5) is 0. The Balaban J connectivity index is 1.79. The number of nitrogens with one attached hydrogen (secondary N) is 1. The molecule has 0 saturated carbocycles. The Morgan fingerprint density at radius 3 is 3.18 bits per heavy atom. The molecule has 1 unspecified atom stereocenters. The van der Waals surface area contributed by atoms with Crippen LogP contribution in [-0.2, 0) is 4.74 Å². The number of aromatic nitrogens is 2. The second-order valence-corrected chi connectivity index (χ2v) is 4.29. The zero-order chi connectivity index (χ0) is 11.5. The van der Waals surface area contributed by atoms with Crippen molar-refractivity contribution in [2.24, 2.45) is 0 Å². The lowest BCUT2D eigenvalue weighted by atomic mass is 10.2. The van der Waals surface area contributed by atoms with E-state index in [1.807, 2.05) is 18.2 Å². The fourth-order valence-electron chi connectivity index (χ4n) is 2.18. The van der Waals surface area contributed by atoms with Crippen LogP contribution in [0.3, 0.4) is 0 Å². The molecule has 1 aromatic carbocycles. The summed E-state index contributed by atoms with van der Waals surface area (Å²) in [6.07, 6.45) is 4.42. The molecule has 4 heteroatoms. The molecule has 2 heterocycles. The summed E-state index contributed by atoms with van der Waals surface area (Å²) in [6.45, 7) is 1.73. The first-order chi connectivity index (χ1) is 8.43. The minimum Gasteiger partial charge on any atom is -0.381 e. The van der Waals surface area contributed by atoms with Crippen molar-refractivity contribution in [3.63, 3.8) is 0 Å². The average Bonchev–Trinajstić information content (AvgIpc) is 2.89. The van der Waals surface area contributed by atoms with E-state index < -0.39 is 0 Å². The highest BCUT2D eigenvalue weighted by molar-refractivity contribution is 5.90. The van der Waals surface area contributed by atoms with Gasteiger partial charge < -0.3 is 10.1 Å². The van der Waals surface area contributed by atoms with Crippen molar-refractivity contribution < 1.29 is 4.74 Å². The van der Waals surface area contributed by atoms with Crippen LogP contribution in [0.5, 0.6) is 0 Å². The number of rotatable bonds is 3. The molecule has 1 aliphatic heterocycles. The van der Waals surface area contributed by atoms with Gasteiger partial charge in [0.1, 0.15) is 0 Å². The molecule has 0 bridgehead atoms. The Labute approximate surface area is 100 Å². The third kappa shape index (κ3) is 2.22. The molecular formula is C13H15N3O. The van der Waals surface area contributed by atoms with E-state index >= 15 is 0 Å². The van der Waals surface area contributed by atoms with Crippen molar-refractivity contribution in [3.8, 4) is 0 Å². The summed E-state index contributed by atoms with van der Waals surface area (Å²) >= 11 is 0. The predicted octanol–water partition coefficient (Wildman–Crippen LogP) is 2.22. The summed E-state index contributed by atoms with van der Waals surface area (Å²) in [5, 5.41) is 12.6. The van der Waals surface area contributed by atoms with Gasteiger partial charge in [-0.1, -0.05) is 18.2 Å². The second kappa shape index (κ2) is 4.67. The first-order valence-corrected chi connectivity index (χ1v) is 5.99. The first kappa shape index (κ1) is 10.5. The highest BCUT2D eigenvalue weighted by Gasteiger charge is 2.15. The Morgan fingerprint density at radius 2 is 2.29 bits per heavy atom. The fraction of sp³-hybridized carbons (Fsp3) is 0.385. The zero-order valence-corrected chi connectivity index (χ0v) is 9.60. The van der Waals surface area contributed by atoms with Crippen LogP contribution in [-0.4, -0.2) is 29.5 Å². The van der Waals surface area contributed by atoms with Gasteiger partial charge in [-0.2, -0.15) is 10.2 Å². The zero-order valence-electron chi connectivity index (χ0n) is 9.60. The maximum absolute atomic E-state index is 5.59. The normalized spacial score (nSPS) is 19.6. The molecule has 1 N–H and O–H groups in total. The first-order valence-electron chi connectivity index (χ1n) is 5.99. The van der Waals surface area contributed by atoms with E-state index in [2.05, 4.69) is 21.6 Å². The number of ether oxygens (including phenoxy) is 1. The number of fused-ring (bicyclic) bond motifs is 1. The molecule has 3 rings (SSSR count).